The molecule has 0 saturated carbocycles. The average Bonchev–Trinajstić information content (AvgIpc) is 3.06. The molecule has 0 atom stereocenters. The molecule has 5 heterocycles. The third kappa shape index (κ3) is 2.85. The van der Waals surface area contributed by atoms with E-state index in [-0.39, 0.29) is 23.2 Å². The number of carbonyl (C=O) groups excluding carboxylic acids is 1. The molecule has 0 radical (unpaired) electrons. The molecule has 29 heavy (non-hydrogen) atoms. The van der Waals surface area contributed by atoms with Crippen molar-refractivity contribution in [3.8, 4) is 5.88 Å². The Bertz CT molecular complexity index is 1180. The predicted molar refractivity (Wildman–Crippen MR) is 109 cm³/mol. The molecule has 1 amide bonds. The number of pyridine rings is 1. The SMILES string of the molecule is CC1=NCN(n2ccc3cc(N4CCOc5ncnc(N)c5C4=O)cnc32)C=C1. The summed E-state index contributed by atoms with van der Waals surface area (Å²) >= 11 is 0. The highest BCUT2D eigenvalue weighted by atomic mass is 16.5. The minimum atomic E-state index is -0.306. The second kappa shape index (κ2) is 6.59. The Hall–Kier alpha value is -3.95. The Kier molecular flexibility index (Phi) is 3.90. The number of aliphatic imine (C=N–C) groups is 1. The molecule has 2 aliphatic heterocycles. The number of anilines is 2. The standard InChI is InChI=1S/C19H18N8O2/c1-12-2-4-25(11-24-12)27-5-3-13-8-14(9-21-17(13)27)26-6-7-29-18-15(19(26)28)16(20)22-10-23-18/h2-5,8-10H,6-7,11H2,1H3,(H2,20,22,23). The zero-order valence-electron chi connectivity index (χ0n) is 15.7. The van der Waals surface area contributed by atoms with Crippen LogP contribution in [-0.4, -0.2) is 51.1 Å². The zero-order valence-corrected chi connectivity index (χ0v) is 15.7. The molecule has 2 aliphatic rings. The first-order valence-electron chi connectivity index (χ1n) is 9.10. The largest absolute Gasteiger partial charge is 0.475 e. The van der Waals surface area contributed by atoms with Gasteiger partial charge in [-0.3, -0.25) is 14.8 Å². The molecule has 0 aromatic carbocycles. The van der Waals surface area contributed by atoms with Gasteiger partial charge in [0.05, 0.1) is 18.4 Å². The zero-order chi connectivity index (χ0) is 20.0. The molecule has 146 valence electrons. The van der Waals surface area contributed by atoms with Gasteiger partial charge >= 0.3 is 0 Å². The minimum Gasteiger partial charge on any atom is -0.475 e. The number of rotatable bonds is 2. The van der Waals surface area contributed by atoms with Crippen LogP contribution < -0.4 is 20.4 Å². The number of nitrogens with two attached hydrogens (primary N) is 1. The Morgan fingerprint density at radius 1 is 1.24 bits per heavy atom. The first-order chi connectivity index (χ1) is 14.1. The number of hydrogen-bond acceptors (Lipinski definition) is 8. The lowest BCUT2D eigenvalue weighted by molar-refractivity contribution is 0.0990. The van der Waals surface area contributed by atoms with Crippen molar-refractivity contribution in [1.82, 2.24) is 19.6 Å². The Labute approximate surface area is 165 Å². The topological polar surface area (TPSA) is 115 Å². The average molecular weight is 390 g/mol. The molecule has 0 spiro atoms. The normalized spacial score (nSPS) is 16.4. The van der Waals surface area contributed by atoms with E-state index in [4.69, 9.17) is 10.5 Å². The number of fused-ring (bicyclic) bond motifs is 2. The van der Waals surface area contributed by atoms with Crippen LogP contribution >= 0.6 is 0 Å². The van der Waals surface area contributed by atoms with Crippen LogP contribution in [0, 0.1) is 0 Å². The van der Waals surface area contributed by atoms with Crippen molar-refractivity contribution in [3.63, 3.8) is 0 Å². The van der Waals surface area contributed by atoms with Crippen molar-refractivity contribution in [2.75, 3.05) is 35.5 Å². The van der Waals surface area contributed by atoms with Crippen molar-refractivity contribution in [2.45, 2.75) is 6.92 Å². The fourth-order valence-corrected chi connectivity index (χ4v) is 3.38. The van der Waals surface area contributed by atoms with Gasteiger partial charge in [-0.25, -0.2) is 19.6 Å². The van der Waals surface area contributed by atoms with Gasteiger partial charge in [-0.1, -0.05) is 0 Å². The minimum absolute atomic E-state index is 0.0971. The number of allylic oxidation sites excluding steroid dienone is 1. The van der Waals surface area contributed by atoms with Gasteiger partial charge in [0.2, 0.25) is 5.88 Å². The summed E-state index contributed by atoms with van der Waals surface area (Å²) in [5.74, 6) is -0.00212. The first-order valence-corrected chi connectivity index (χ1v) is 9.10. The van der Waals surface area contributed by atoms with Crippen LogP contribution in [0.25, 0.3) is 11.0 Å². The van der Waals surface area contributed by atoms with Crippen molar-refractivity contribution >= 4 is 34.2 Å². The van der Waals surface area contributed by atoms with Crippen molar-refractivity contribution in [2.24, 2.45) is 4.99 Å². The Balaban J connectivity index is 1.51. The lowest BCUT2D eigenvalue weighted by Crippen LogP contribution is -2.33. The van der Waals surface area contributed by atoms with Gasteiger partial charge in [-0.15, -0.1) is 0 Å². The summed E-state index contributed by atoms with van der Waals surface area (Å²) in [6.07, 6.45) is 8.80. The van der Waals surface area contributed by atoms with Crippen molar-refractivity contribution in [3.05, 3.63) is 48.7 Å². The van der Waals surface area contributed by atoms with Crippen LogP contribution in [-0.2, 0) is 0 Å². The number of aromatic nitrogens is 4. The molecule has 10 nitrogen and oxygen atoms in total. The highest BCUT2D eigenvalue weighted by molar-refractivity contribution is 6.11. The molecule has 0 unspecified atom stereocenters. The molecule has 5 rings (SSSR count). The maximum absolute atomic E-state index is 13.1. The van der Waals surface area contributed by atoms with E-state index in [0.29, 0.717) is 25.5 Å². The van der Waals surface area contributed by atoms with Gasteiger partial charge in [0, 0.05) is 23.5 Å². The number of hydrogen-bond donors (Lipinski definition) is 1. The van der Waals surface area contributed by atoms with E-state index >= 15 is 0 Å². The van der Waals surface area contributed by atoms with Crippen molar-refractivity contribution in [1.29, 1.82) is 0 Å². The summed E-state index contributed by atoms with van der Waals surface area (Å²) in [6, 6.07) is 3.87. The smallest absolute Gasteiger partial charge is 0.267 e. The van der Waals surface area contributed by atoms with Crippen LogP contribution in [0.4, 0.5) is 11.5 Å². The van der Waals surface area contributed by atoms with Crippen LogP contribution in [0.1, 0.15) is 17.3 Å². The molecule has 0 saturated heterocycles. The fraction of sp³-hybridized carbons (Fsp3) is 0.211. The third-order valence-electron chi connectivity index (χ3n) is 4.89. The van der Waals surface area contributed by atoms with E-state index in [0.717, 1.165) is 16.7 Å². The van der Waals surface area contributed by atoms with Gasteiger partial charge in [0.15, 0.2) is 5.65 Å². The second-order valence-corrected chi connectivity index (χ2v) is 6.71. The van der Waals surface area contributed by atoms with E-state index in [1.165, 1.54) is 6.33 Å². The van der Waals surface area contributed by atoms with E-state index in [2.05, 4.69) is 19.9 Å². The number of amides is 1. The molecule has 2 N–H and O–H groups in total. The second-order valence-electron chi connectivity index (χ2n) is 6.71. The van der Waals surface area contributed by atoms with Crippen LogP contribution in [0.15, 0.2) is 48.1 Å². The van der Waals surface area contributed by atoms with Crippen LogP contribution in [0.3, 0.4) is 0 Å². The molecular weight excluding hydrogens is 372 g/mol. The molecule has 3 aromatic heterocycles. The van der Waals surface area contributed by atoms with Crippen molar-refractivity contribution < 1.29 is 9.53 Å². The monoisotopic (exact) mass is 390 g/mol. The predicted octanol–water partition coefficient (Wildman–Crippen LogP) is 1.33. The number of nitrogen functional groups attached to an aromatic ring is 1. The lowest BCUT2D eigenvalue weighted by atomic mass is 10.2. The Morgan fingerprint density at radius 3 is 2.97 bits per heavy atom. The van der Waals surface area contributed by atoms with Gasteiger partial charge < -0.3 is 15.4 Å². The number of ether oxygens (including phenoxy) is 1. The van der Waals surface area contributed by atoms with Crippen LogP contribution in [0.2, 0.25) is 0 Å². The van der Waals surface area contributed by atoms with E-state index in [1.54, 1.807) is 11.1 Å². The third-order valence-corrected chi connectivity index (χ3v) is 4.89. The lowest BCUT2D eigenvalue weighted by Gasteiger charge is -2.23. The summed E-state index contributed by atoms with van der Waals surface area (Å²) in [4.78, 5) is 31.7. The van der Waals surface area contributed by atoms with E-state index < -0.39 is 0 Å². The molecular formula is C19H18N8O2. The first kappa shape index (κ1) is 17.2. The molecule has 10 heteroatoms. The highest BCUT2D eigenvalue weighted by Crippen LogP contribution is 2.28. The molecule has 3 aromatic rings. The van der Waals surface area contributed by atoms with E-state index in [9.17, 15) is 4.79 Å². The Morgan fingerprint density at radius 2 is 2.14 bits per heavy atom. The maximum Gasteiger partial charge on any atom is 0.267 e. The van der Waals surface area contributed by atoms with Gasteiger partial charge in [0.25, 0.3) is 5.91 Å². The van der Waals surface area contributed by atoms with E-state index in [1.807, 2.05) is 47.2 Å². The summed E-state index contributed by atoms with van der Waals surface area (Å²) in [6.45, 7) is 3.13. The number of nitrogens with zero attached hydrogens (tertiary/aromatic N) is 7. The summed E-state index contributed by atoms with van der Waals surface area (Å²) < 4.78 is 7.52. The summed E-state index contributed by atoms with van der Waals surface area (Å²) in [5, 5.41) is 2.86. The molecule has 0 aliphatic carbocycles. The van der Waals surface area contributed by atoms with Gasteiger partial charge in [0.1, 0.15) is 31.0 Å². The summed E-state index contributed by atoms with van der Waals surface area (Å²) in [7, 11) is 0. The molecule has 0 bridgehead atoms. The van der Waals surface area contributed by atoms with Gasteiger partial charge in [-0.2, -0.15) is 0 Å². The maximum atomic E-state index is 13.1. The molecule has 0 fully saturated rings. The fourth-order valence-electron chi connectivity index (χ4n) is 3.38. The summed E-state index contributed by atoms with van der Waals surface area (Å²) in [5.41, 5.74) is 8.50. The number of carbonyl (C=O) groups is 1. The quantitative estimate of drug-likeness (QED) is 0.702. The van der Waals surface area contributed by atoms with Gasteiger partial charge in [-0.05, 0) is 25.1 Å². The van der Waals surface area contributed by atoms with Crippen LogP contribution in [0.5, 0.6) is 5.88 Å². The highest BCUT2D eigenvalue weighted by Gasteiger charge is 2.29.